The Morgan fingerprint density at radius 2 is 1.77 bits per heavy atom. The molecule has 1 aliphatic carbocycles. The standard InChI is InChI=1S/C30H35BN2O9S/c1-20-15-23(31(36)37)9-13-26(20)27(40-3)19-41-29(34)32-24-10-14-28(43(38,39)25-11-12-25)22(16-24)17-33(2)30(35)42-18-21-7-5-4-6-8-21/h4-10,13-16,25,27,36-37H,11-12,17-19H2,1-3H3,(H,32,34)/t27-/m0/s1. The fourth-order valence-electron chi connectivity index (χ4n) is 4.58. The van der Waals surface area contributed by atoms with Crippen LogP contribution in [0.3, 0.4) is 0 Å². The maximum absolute atomic E-state index is 13.2. The summed E-state index contributed by atoms with van der Waals surface area (Å²) in [7, 11) is -2.24. The molecule has 1 fully saturated rings. The van der Waals surface area contributed by atoms with Crippen molar-refractivity contribution < 1.29 is 42.3 Å². The fourth-order valence-corrected chi connectivity index (χ4v) is 6.44. The van der Waals surface area contributed by atoms with Gasteiger partial charge in [-0.1, -0.05) is 48.5 Å². The van der Waals surface area contributed by atoms with Gasteiger partial charge in [-0.15, -0.1) is 0 Å². The molecule has 2 amide bonds. The van der Waals surface area contributed by atoms with Crippen LogP contribution in [0.1, 0.15) is 41.2 Å². The number of aryl methyl sites for hydroxylation is 1. The van der Waals surface area contributed by atoms with Crippen molar-refractivity contribution in [1.82, 2.24) is 4.90 Å². The predicted molar refractivity (Wildman–Crippen MR) is 160 cm³/mol. The highest BCUT2D eigenvalue weighted by atomic mass is 32.2. The molecule has 3 aromatic carbocycles. The summed E-state index contributed by atoms with van der Waals surface area (Å²) in [6.45, 7) is 1.64. The highest BCUT2D eigenvalue weighted by Crippen LogP contribution is 2.36. The summed E-state index contributed by atoms with van der Waals surface area (Å²) >= 11 is 0. The molecule has 1 atom stereocenters. The third-order valence-electron chi connectivity index (χ3n) is 7.09. The van der Waals surface area contributed by atoms with Gasteiger partial charge in [-0.3, -0.25) is 5.32 Å². The molecule has 0 spiro atoms. The molecule has 3 aromatic rings. The maximum atomic E-state index is 13.2. The van der Waals surface area contributed by atoms with Crippen LogP contribution >= 0.6 is 0 Å². The summed E-state index contributed by atoms with van der Waals surface area (Å²) in [5.74, 6) is 0. The lowest BCUT2D eigenvalue weighted by Gasteiger charge is -2.20. The second kappa shape index (κ2) is 14.0. The van der Waals surface area contributed by atoms with Crippen molar-refractivity contribution in [3.63, 3.8) is 0 Å². The fraction of sp³-hybridized carbons (Fsp3) is 0.333. The Labute approximate surface area is 251 Å². The molecule has 0 unspecified atom stereocenters. The molecule has 0 bridgehead atoms. The molecule has 13 heteroatoms. The largest absolute Gasteiger partial charge is 0.488 e. The van der Waals surface area contributed by atoms with Crippen molar-refractivity contribution in [1.29, 1.82) is 0 Å². The van der Waals surface area contributed by atoms with Gasteiger partial charge in [0.25, 0.3) is 0 Å². The van der Waals surface area contributed by atoms with Crippen LogP contribution in [0.25, 0.3) is 0 Å². The van der Waals surface area contributed by atoms with Crippen LogP contribution in [0.4, 0.5) is 15.3 Å². The lowest BCUT2D eigenvalue weighted by atomic mass is 9.78. The minimum atomic E-state index is -3.61. The van der Waals surface area contributed by atoms with E-state index in [0.29, 0.717) is 29.4 Å². The number of hydrogen-bond acceptors (Lipinski definition) is 9. The van der Waals surface area contributed by atoms with Crippen molar-refractivity contribution in [2.75, 3.05) is 26.1 Å². The summed E-state index contributed by atoms with van der Waals surface area (Å²) in [6, 6.07) is 18.4. The minimum absolute atomic E-state index is 0.0664. The number of amides is 2. The first-order valence-electron chi connectivity index (χ1n) is 13.7. The van der Waals surface area contributed by atoms with Gasteiger partial charge in [0, 0.05) is 19.8 Å². The lowest BCUT2D eigenvalue weighted by Crippen LogP contribution is -2.30. The van der Waals surface area contributed by atoms with Crippen LogP contribution in [-0.4, -0.2) is 68.7 Å². The van der Waals surface area contributed by atoms with Crippen molar-refractivity contribution >= 4 is 40.3 Å². The third kappa shape index (κ3) is 8.35. The number of methoxy groups -OCH3 is 1. The summed E-state index contributed by atoms with van der Waals surface area (Å²) in [4.78, 5) is 26.8. The van der Waals surface area contributed by atoms with Crippen LogP contribution in [0.2, 0.25) is 0 Å². The molecule has 11 nitrogen and oxygen atoms in total. The molecule has 228 valence electrons. The van der Waals surface area contributed by atoms with Crippen molar-refractivity contribution in [3.8, 4) is 0 Å². The van der Waals surface area contributed by atoms with Crippen LogP contribution in [-0.2, 0) is 37.2 Å². The number of ether oxygens (including phenoxy) is 3. The number of anilines is 1. The first-order chi connectivity index (χ1) is 20.5. The van der Waals surface area contributed by atoms with Crippen molar-refractivity contribution in [3.05, 3.63) is 89.0 Å². The summed E-state index contributed by atoms with van der Waals surface area (Å²) in [5.41, 5.74) is 3.20. The van der Waals surface area contributed by atoms with Gasteiger partial charge >= 0.3 is 19.3 Å². The van der Waals surface area contributed by atoms with Gasteiger partial charge in [0.1, 0.15) is 19.3 Å². The SMILES string of the molecule is CO[C@@H](COC(=O)Nc1ccc(S(=O)(=O)C2CC2)c(CN(C)C(=O)OCc2ccccc2)c1)c1ccc(B(O)O)cc1C. The van der Waals surface area contributed by atoms with E-state index in [9.17, 15) is 28.1 Å². The van der Waals surface area contributed by atoms with E-state index in [4.69, 9.17) is 14.2 Å². The summed E-state index contributed by atoms with van der Waals surface area (Å²) in [5, 5.41) is 20.9. The molecule has 43 heavy (non-hydrogen) atoms. The normalized spacial score (nSPS) is 13.6. The number of sulfone groups is 1. The van der Waals surface area contributed by atoms with Gasteiger partial charge in [-0.05, 0) is 65.7 Å². The first kappa shape index (κ1) is 32.0. The molecule has 1 saturated carbocycles. The number of nitrogens with one attached hydrogen (secondary N) is 1. The van der Waals surface area contributed by atoms with Gasteiger partial charge in [0.2, 0.25) is 0 Å². The third-order valence-corrected chi connectivity index (χ3v) is 9.45. The van der Waals surface area contributed by atoms with Crippen LogP contribution in [0.15, 0.2) is 71.6 Å². The number of rotatable bonds is 12. The minimum Gasteiger partial charge on any atom is -0.446 e. The molecular formula is C30H35BN2O9S. The molecule has 0 saturated heterocycles. The van der Waals surface area contributed by atoms with E-state index in [-0.39, 0.29) is 30.3 Å². The molecule has 0 radical (unpaired) electrons. The van der Waals surface area contributed by atoms with E-state index < -0.39 is 40.5 Å². The van der Waals surface area contributed by atoms with E-state index in [2.05, 4.69) is 5.32 Å². The Kier molecular flexibility index (Phi) is 10.5. The zero-order valence-electron chi connectivity index (χ0n) is 24.2. The van der Waals surface area contributed by atoms with Crippen LogP contribution in [0.5, 0.6) is 0 Å². The highest BCUT2D eigenvalue weighted by molar-refractivity contribution is 7.92. The highest BCUT2D eigenvalue weighted by Gasteiger charge is 2.38. The number of benzene rings is 3. The van der Waals surface area contributed by atoms with E-state index in [1.54, 1.807) is 25.1 Å². The van der Waals surface area contributed by atoms with Crippen molar-refractivity contribution in [2.45, 2.75) is 49.2 Å². The topological polar surface area (TPSA) is 152 Å². The molecule has 3 N–H and O–H groups in total. The molecular weight excluding hydrogens is 575 g/mol. The molecule has 0 aliphatic heterocycles. The first-order valence-corrected chi connectivity index (χ1v) is 15.3. The molecule has 0 aromatic heterocycles. The van der Waals surface area contributed by atoms with E-state index in [1.807, 2.05) is 30.3 Å². The van der Waals surface area contributed by atoms with Gasteiger partial charge in [-0.2, -0.15) is 0 Å². The number of carbonyl (C=O) groups excluding carboxylic acids is 2. The zero-order valence-corrected chi connectivity index (χ0v) is 25.0. The van der Waals surface area contributed by atoms with Crippen LogP contribution < -0.4 is 10.8 Å². The average molecular weight is 610 g/mol. The quantitative estimate of drug-likeness (QED) is 0.262. The van der Waals surface area contributed by atoms with E-state index in [1.165, 1.54) is 37.3 Å². The monoisotopic (exact) mass is 610 g/mol. The average Bonchev–Trinajstić information content (AvgIpc) is 3.84. The molecule has 1 aliphatic rings. The Bertz CT molecular complexity index is 1550. The van der Waals surface area contributed by atoms with E-state index in [0.717, 1.165) is 11.1 Å². The second-order valence-electron chi connectivity index (χ2n) is 10.4. The zero-order chi connectivity index (χ0) is 31.1. The predicted octanol–water partition coefficient (Wildman–Crippen LogP) is 3.32. The van der Waals surface area contributed by atoms with Crippen molar-refractivity contribution in [2.24, 2.45) is 0 Å². The number of carbonyl (C=O) groups is 2. The molecule has 4 rings (SSSR count). The Hall–Kier alpha value is -3.91. The van der Waals surface area contributed by atoms with Crippen LogP contribution in [0, 0.1) is 6.92 Å². The van der Waals surface area contributed by atoms with Gasteiger partial charge < -0.3 is 29.2 Å². The summed E-state index contributed by atoms with van der Waals surface area (Å²) in [6.07, 6.45) is -0.882. The van der Waals surface area contributed by atoms with E-state index >= 15 is 0 Å². The summed E-state index contributed by atoms with van der Waals surface area (Å²) < 4.78 is 42.6. The number of hydrogen-bond donors (Lipinski definition) is 3. The Morgan fingerprint density at radius 3 is 2.40 bits per heavy atom. The van der Waals surface area contributed by atoms with Gasteiger partial charge in [-0.25, -0.2) is 18.0 Å². The Morgan fingerprint density at radius 1 is 1.05 bits per heavy atom. The van der Waals surface area contributed by atoms with Gasteiger partial charge in [0.05, 0.1) is 16.7 Å². The maximum Gasteiger partial charge on any atom is 0.488 e. The number of nitrogens with zero attached hydrogens (tertiary/aromatic N) is 1. The Balaban J connectivity index is 1.44. The lowest BCUT2D eigenvalue weighted by molar-refractivity contribution is 0.0383. The van der Waals surface area contributed by atoms with Gasteiger partial charge in [0.15, 0.2) is 9.84 Å². The second-order valence-corrected chi connectivity index (χ2v) is 12.6. The molecule has 0 heterocycles. The smallest absolute Gasteiger partial charge is 0.446 e.